The van der Waals surface area contributed by atoms with Crippen LogP contribution in [0.5, 0.6) is 0 Å². The van der Waals surface area contributed by atoms with Crippen LogP contribution in [0.1, 0.15) is 45.2 Å². The number of fused-ring (bicyclic) bond motifs is 1. The Hall–Kier alpha value is -2.41. The number of hydrogen-bond acceptors (Lipinski definition) is 4. The number of carbonyl (C=O) groups is 2. The van der Waals surface area contributed by atoms with Crippen LogP contribution in [0, 0.1) is 6.92 Å². The lowest BCUT2D eigenvalue weighted by Crippen LogP contribution is -2.40. The maximum atomic E-state index is 12.8. The summed E-state index contributed by atoms with van der Waals surface area (Å²) in [5.74, 6) is -0.208. The zero-order valence-electron chi connectivity index (χ0n) is 16.2. The number of benzene rings is 1. The molecule has 0 aliphatic carbocycles. The summed E-state index contributed by atoms with van der Waals surface area (Å²) in [4.78, 5) is 27.9. The quantitative estimate of drug-likeness (QED) is 0.731. The highest BCUT2D eigenvalue weighted by atomic mass is 16.2. The van der Waals surface area contributed by atoms with E-state index in [1.807, 2.05) is 25.1 Å². The van der Waals surface area contributed by atoms with Crippen molar-refractivity contribution in [3.63, 3.8) is 0 Å². The molecule has 2 rings (SSSR count). The van der Waals surface area contributed by atoms with E-state index in [4.69, 9.17) is 5.73 Å². The van der Waals surface area contributed by atoms with Crippen LogP contribution in [0.3, 0.4) is 0 Å². The number of hydrogen-bond donors (Lipinski definition) is 2. The van der Waals surface area contributed by atoms with Crippen molar-refractivity contribution < 1.29 is 9.59 Å². The number of nitrogens with two attached hydrogens (primary N) is 1. The van der Waals surface area contributed by atoms with Crippen molar-refractivity contribution in [1.82, 2.24) is 10.3 Å². The molecule has 0 bridgehead atoms. The van der Waals surface area contributed by atoms with Crippen LogP contribution in [0.2, 0.25) is 0 Å². The van der Waals surface area contributed by atoms with Crippen LogP contribution < -0.4 is 16.1 Å². The molecule has 3 amide bonds. The molecule has 7 heteroatoms. The number of primary amides is 1. The van der Waals surface area contributed by atoms with Crippen molar-refractivity contribution >= 4 is 23.3 Å². The fraction of sp³-hybridized carbons (Fsp3) is 0.526. The third kappa shape index (κ3) is 4.40. The van der Waals surface area contributed by atoms with Gasteiger partial charge in [0.25, 0.3) is 5.91 Å². The molecule has 1 aromatic rings. The van der Waals surface area contributed by atoms with E-state index < -0.39 is 6.03 Å². The van der Waals surface area contributed by atoms with Crippen molar-refractivity contribution in [2.75, 3.05) is 18.0 Å². The van der Waals surface area contributed by atoms with Gasteiger partial charge in [-0.2, -0.15) is 5.10 Å². The number of anilines is 1. The molecule has 142 valence electrons. The maximum Gasteiger partial charge on any atom is 0.332 e. The number of aryl methyl sites for hydroxylation is 1. The van der Waals surface area contributed by atoms with Crippen molar-refractivity contribution in [3.05, 3.63) is 29.3 Å². The van der Waals surface area contributed by atoms with Gasteiger partial charge < -0.3 is 10.6 Å². The van der Waals surface area contributed by atoms with Crippen LogP contribution in [0.25, 0.3) is 0 Å². The molecule has 0 saturated heterocycles. The summed E-state index contributed by atoms with van der Waals surface area (Å²) in [7, 11) is 0. The number of nitrogens with one attached hydrogen (secondary N) is 1. The van der Waals surface area contributed by atoms with Crippen LogP contribution >= 0.6 is 0 Å². The molecule has 7 nitrogen and oxygen atoms in total. The van der Waals surface area contributed by atoms with Crippen LogP contribution in [0.4, 0.5) is 10.5 Å². The average Bonchev–Trinajstić information content (AvgIpc) is 2.79. The lowest BCUT2D eigenvalue weighted by molar-refractivity contribution is -0.112. The molecule has 1 heterocycles. The van der Waals surface area contributed by atoms with Crippen LogP contribution in [-0.2, 0) is 4.79 Å². The number of hydrazone groups is 1. The van der Waals surface area contributed by atoms with Gasteiger partial charge >= 0.3 is 6.03 Å². The zero-order chi connectivity index (χ0) is 19.4. The summed E-state index contributed by atoms with van der Waals surface area (Å²) in [5.41, 5.74) is 10.1. The summed E-state index contributed by atoms with van der Waals surface area (Å²) in [6, 6.07) is 5.93. The van der Waals surface area contributed by atoms with Crippen molar-refractivity contribution in [3.8, 4) is 0 Å². The third-order valence-corrected chi connectivity index (χ3v) is 4.55. The van der Waals surface area contributed by atoms with Gasteiger partial charge in [-0.3, -0.25) is 9.69 Å². The highest BCUT2D eigenvalue weighted by molar-refractivity contribution is 6.54. The summed E-state index contributed by atoms with van der Waals surface area (Å²) in [6.45, 7) is 12.2. The van der Waals surface area contributed by atoms with E-state index in [-0.39, 0.29) is 11.6 Å². The number of nitrogens with zero attached hydrogens (tertiary/aromatic N) is 3. The van der Waals surface area contributed by atoms with E-state index in [0.29, 0.717) is 18.6 Å². The van der Waals surface area contributed by atoms with E-state index in [2.05, 4.69) is 43.1 Å². The van der Waals surface area contributed by atoms with Crippen molar-refractivity contribution in [1.29, 1.82) is 0 Å². The van der Waals surface area contributed by atoms with Crippen LogP contribution in [0.15, 0.2) is 23.3 Å². The summed E-state index contributed by atoms with van der Waals surface area (Å²) >= 11 is 0. The van der Waals surface area contributed by atoms with Gasteiger partial charge in [-0.15, -0.1) is 0 Å². The van der Waals surface area contributed by atoms with Gasteiger partial charge in [0.15, 0.2) is 5.71 Å². The molecule has 0 aromatic heterocycles. The summed E-state index contributed by atoms with van der Waals surface area (Å²) in [5, 5.41) is 3.93. The number of carbonyl (C=O) groups excluding carboxylic acids is 2. The predicted molar refractivity (Wildman–Crippen MR) is 104 cm³/mol. The summed E-state index contributed by atoms with van der Waals surface area (Å²) < 4.78 is 0. The normalized spacial score (nSPS) is 15.5. The molecule has 0 spiro atoms. The van der Waals surface area contributed by atoms with Gasteiger partial charge in [0.1, 0.15) is 0 Å². The van der Waals surface area contributed by atoms with Crippen molar-refractivity contribution in [2.24, 2.45) is 10.8 Å². The van der Waals surface area contributed by atoms with E-state index >= 15 is 0 Å². The standard InChI is InChI=1S/C19H29N5O2/c1-12(2)23(13(3)4)9-6-10-24-16-8-7-14(5)11-15(16)17(18(24)25)21-22-19(20)26/h7-8,11-13H,6,9-10H2,1-5H3,(H3,20,22,26)/b21-17+. The molecule has 0 fully saturated rings. The first-order valence-electron chi connectivity index (χ1n) is 9.04. The minimum atomic E-state index is -0.789. The fourth-order valence-electron chi connectivity index (χ4n) is 3.39. The lowest BCUT2D eigenvalue weighted by atomic mass is 10.1. The molecule has 0 unspecified atom stereocenters. The predicted octanol–water partition coefficient (Wildman–Crippen LogP) is 2.22. The molecule has 26 heavy (non-hydrogen) atoms. The minimum Gasteiger partial charge on any atom is -0.350 e. The first-order chi connectivity index (χ1) is 12.2. The van der Waals surface area contributed by atoms with E-state index in [1.54, 1.807) is 4.90 Å². The Bertz CT molecular complexity index is 704. The second-order valence-electron chi connectivity index (χ2n) is 7.19. The highest BCUT2D eigenvalue weighted by Gasteiger charge is 2.34. The van der Waals surface area contributed by atoms with E-state index in [1.165, 1.54) is 0 Å². The molecule has 1 aliphatic rings. The molecule has 0 radical (unpaired) electrons. The van der Waals surface area contributed by atoms with Gasteiger partial charge in [0.2, 0.25) is 0 Å². The monoisotopic (exact) mass is 359 g/mol. The van der Waals surface area contributed by atoms with Gasteiger partial charge in [0, 0.05) is 30.7 Å². The topological polar surface area (TPSA) is 91.0 Å². The molecule has 1 aromatic carbocycles. The molecule has 0 saturated carbocycles. The molecular weight excluding hydrogens is 330 g/mol. The second-order valence-corrected chi connectivity index (χ2v) is 7.19. The van der Waals surface area contributed by atoms with Gasteiger partial charge in [0.05, 0.1) is 5.69 Å². The lowest BCUT2D eigenvalue weighted by Gasteiger charge is -2.31. The Morgan fingerprint density at radius 3 is 2.50 bits per heavy atom. The van der Waals surface area contributed by atoms with Gasteiger partial charge in [-0.1, -0.05) is 11.6 Å². The molecular formula is C19H29N5O2. The highest BCUT2D eigenvalue weighted by Crippen LogP contribution is 2.30. The zero-order valence-corrected chi connectivity index (χ0v) is 16.2. The number of rotatable bonds is 7. The molecule has 1 aliphatic heterocycles. The molecule has 0 atom stereocenters. The minimum absolute atomic E-state index is 0.208. The van der Waals surface area contributed by atoms with E-state index in [0.717, 1.165) is 29.8 Å². The SMILES string of the molecule is Cc1ccc2c(c1)/C(=N\NC(N)=O)C(=O)N2CCCN(C(C)C)C(C)C. The smallest absolute Gasteiger partial charge is 0.332 e. The first-order valence-corrected chi connectivity index (χ1v) is 9.04. The van der Waals surface area contributed by atoms with Gasteiger partial charge in [-0.25, -0.2) is 10.2 Å². The Morgan fingerprint density at radius 1 is 1.27 bits per heavy atom. The largest absolute Gasteiger partial charge is 0.350 e. The van der Waals surface area contributed by atoms with Gasteiger partial charge in [-0.05, 0) is 53.2 Å². The Morgan fingerprint density at radius 2 is 1.92 bits per heavy atom. The Balaban J connectivity index is 2.18. The Kier molecular flexibility index (Phi) is 6.37. The van der Waals surface area contributed by atoms with Crippen molar-refractivity contribution in [2.45, 2.75) is 53.1 Å². The fourth-order valence-corrected chi connectivity index (χ4v) is 3.39. The average molecular weight is 359 g/mol. The second kappa shape index (κ2) is 8.31. The first kappa shape index (κ1) is 19.9. The van der Waals surface area contributed by atoms with Crippen LogP contribution in [-0.4, -0.2) is 47.7 Å². The van der Waals surface area contributed by atoms with E-state index in [9.17, 15) is 9.59 Å². The third-order valence-electron chi connectivity index (χ3n) is 4.55. The molecule has 3 N–H and O–H groups in total. The number of urea groups is 1. The Labute approximate surface area is 155 Å². The number of amides is 3. The summed E-state index contributed by atoms with van der Waals surface area (Å²) in [6.07, 6.45) is 0.853. The maximum absolute atomic E-state index is 12.8.